The molecule has 1 unspecified atom stereocenters. The maximum absolute atomic E-state index is 14.8. The predicted molar refractivity (Wildman–Crippen MR) is 136 cm³/mol. The van der Waals surface area contributed by atoms with Gasteiger partial charge in [-0.1, -0.05) is 108 Å². The van der Waals surface area contributed by atoms with Gasteiger partial charge in [0.2, 0.25) is 5.79 Å². The summed E-state index contributed by atoms with van der Waals surface area (Å²) in [6, 6.07) is 6.43. The molecule has 190 valence electrons. The normalized spacial score (nSPS) is 17.0. The van der Waals surface area contributed by atoms with Crippen LogP contribution in [0.25, 0.3) is 5.57 Å². The van der Waals surface area contributed by atoms with E-state index in [9.17, 15) is 14.3 Å². The lowest BCUT2D eigenvalue weighted by Crippen LogP contribution is -2.39. The van der Waals surface area contributed by atoms with Crippen molar-refractivity contribution in [3.8, 4) is 0 Å². The first-order valence-corrected chi connectivity index (χ1v) is 13.2. The number of halogens is 1. The Bertz CT molecular complexity index is 768. The number of benzene rings is 1. The van der Waals surface area contributed by atoms with E-state index in [0.717, 1.165) is 38.5 Å². The van der Waals surface area contributed by atoms with Crippen LogP contribution in [0.1, 0.15) is 96.5 Å². The standard InChI is InChI=1S/C29H43FO4/c1-3-5-7-9-11-15-21-33-29(34-22-16-12-10-8-6-4-2)20-19-24(28(31)32)23-26(29)25-17-13-14-18-27(25)30/h13-14,17-20,23-24H,3-12,15-16,21-22H2,1-2H3,(H,31,32). The second-order valence-corrected chi connectivity index (χ2v) is 9.18. The molecule has 2 rings (SSSR count). The van der Waals surface area contributed by atoms with Crippen LogP contribution in [0.5, 0.6) is 0 Å². The molecule has 0 aliphatic heterocycles. The van der Waals surface area contributed by atoms with Crippen LogP contribution in [0.3, 0.4) is 0 Å². The molecule has 1 aliphatic rings. The van der Waals surface area contributed by atoms with Crippen LogP contribution >= 0.6 is 0 Å². The second-order valence-electron chi connectivity index (χ2n) is 9.18. The van der Waals surface area contributed by atoms with Crippen molar-refractivity contribution in [3.63, 3.8) is 0 Å². The maximum atomic E-state index is 14.8. The molecule has 0 radical (unpaired) electrons. The summed E-state index contributed by atoms with van der Waals surface area (Å²) in [5.74, 6) is -3.52. The van der Waals surface area contributed by atoms with Crippen molar-refractivity contribution in [2.45, 2.75) is 96.7 Å². The maximum Gasteiger partial charge on any atom is 0.314 e. The van der Waals surface area contributed by atoms with Gasteiger partial charge in [0.25, 0.3) is 0 Å². The topological polar surface area (TPSA) is 55.8 Å². The molecule has 0 saturated heterocycles. The second kappa shape index (κ2) is 15.8. The van der Waals surface area contributed by atoms with E-state index in [1.54, 1.807) is 36.4 Å². The molecular formula is C29H43FO4. The number of unbranched alkanes of at least 4 members (excludes halogenated alkanes) is 10. The van der Waals surface area contributed by atoms with E-state index >= 15 is 0 Å². The summed E-state index contributed by atoms with van der Waals surface area (Å²) in [4.78, 5) is 11.7. The summed E-state index contributed by atoms with van der Waals surface area (Å²) in [7, 11) is 0. The van der Waals surface area contributed by atoms with Crippen LogP contribution in [0.4, 0.5) is 4.39 Å². The minimum atomic E-state index is -1.28. The molecule has 0 heterocycles. The van der Waals surface area contributed by atoms with E-state index in [4.69, 9.17) is 9.47 Å². The number of carboxylic acid groups (broad SMARTS) is 1. The lowest BCUT2D eigenvalue weighted by molar-refractivity contribution is -0.166. The van der Waals surface area contributed by atoms with Crippen molar-refractivity contribution < 1.29 is 23.8 Å². The Labute approximate surface area is 205 Å². The minimum absolute atomic E-state index is 0.323. The third kappa shape index (κ3) is 8.99. The van der Waals surface area contributed by atoms with Crippen molar-refractivity contribution in [1.82, 2.24) is 0 Å². The Hall–Kier alpha value is -1.98. The highest BCUT2D eigenvalue weighted by Crippen LogP contribution is 2.39. The van der Waals surface area contributed by atoms with Crippen molar-refractivity contribution in [2.24, 2.45) is 5.92 Å². The quantitative estimate of drug-likeness (QED) is 0.133. The Morgan fingerprint density at radius 2 is 1.41 bits per heavy atom. The van der Waals surface area contributed by atoms with Crippen molar-refractivity contribution in [3.05, 3.63) is 53.9 Å². The van der Waals surface area contributed by atoms with Crippen molar-refractivity contribution >= 4 is 11.5 Å². The number of rotatable bonds is 18. The number of hydrogen-bond donors (Lipinski definition) is 1. The Kier molecular flexibility index (Phi) is 13.2. The highest BCUT2D eigenvalue weighted by molar-refractivity contribution is 5.83. The molecule has 0 spiro atoms. The highest BCUT2D eigenvalue weighted by atomic mass is 19.1. The van der Waals surface area contributed by atoms with E-state index in [2.05, 4.69) is 13.8 Å². The van der Waals surface area contributed by atoms with Crippen LogP contribution in [0, 0.1) is 11.7 Å². The summed E-state index contributed by atoms with van der Waals surface area (Å²) in [5.41, 5.74) is 0.765. The predicted octanol–water partition coefficient (Wildman–Crippen LogP) is 7.93. The largest absolute Gasteiger partial charge is 0.481 e. The zero-order valence-corrected chi connectivity index (χ0v) is 21.1. The zero-order chi connectivity index (χ0) is 24.7. The van der Waals surface area contributed by atoms with Crippen LogP contribution in [0.15, 0.2) is 42.5 Å². The highest BCUT2D eigenvalue weighted by Gasteiger charge is 2.40. The van der Waals surface area contributed by atoms with E-state index < -0.39 is 23.5 Å². The molecule has 4 nitrogen and oxygen atoms in total. The fourth-order valence-electron chi connectivity index (χ4n) is 4.29. The molecule has 0 aromatic heterocycles. The summed E-state index contributed by atoms with van der Waals surface area (Å²) in [6.45, 7) is 5.34. The first-order chi connectivity index (χ1) is 16.5. The van der Waals surface area contributed by atoms with Crippen LogP contribution in [0.2, 0.25) is 0 Å². The van der Waals surface area contributed by atoms with Gasteiger partial charge in [0.05, 0.1) is 19.1 Å². The third-order valence-corrected chi connectivity index (χ3v) is 6.32. The van der Waals surface area contributed by atoms with Gasteiger partial charge in [-0.15, -0.1) is 0 Å². The van der Waals surface area contributed by atoms with Gasteiger partial charge < -0.3 is 14.6 Å². The molecule has 34 heavy (non-hydrogen) atoms. The first-order valence-electron chi connectivity index (χ1n) is 13.2. The van der Waals surface area contributed by atoms with Gasteiger partial charge in [0.1, 0.15) is 5.82 Å². The average molecular weight is 475 g/mol. The monoisotopic (exact) mass is 474 g/mol. The molecule has 0 saturated carbocycles. The van der Waals surface area contributed by atoms with Gasteiger partial charge in [-0.05, 0) is 25.0 Å². The third-order valence-electron chi connectivity index (χ3n) is 6.32. The van der Waals surface area contributed by atoms with Crippen molar-refractivity contribution in [2.75, 3.05) is 13.2 Å². The summed E-state index contributed by atoms with van der Waals surface area (Å²) >= 11 is 0. The summed E-state index contributed by atoms with van der Waals surface area (Å²) in [5, 5.41) is 9.60. The molecule has 1 N–H and O–H groups in total. The lowest BCUT2D eigenvalue weighted by atomic mass is 9.87. The van der Waals surface area contributed by atoms with Gasteiger partial charge in [0, 0.05) is 11.1 Å². The number of carboxylic acids is 1. The Morgan fingerprint density at radius 1 is 0.882 bits per heavy atom. The van der Waals surface area contributed by atoms with E-state index in [1.165, 1.54) is 44.6 Å². The van der Waals surface area contributed by atoms with Gasteiger partial charge in [-0.3, -0.25) is 4.79 Å². The van der Waals surface area contributed by atoms with E-state index in [1.807, 2.05) is 0 Å². The number of carbonyl (C=O) groups is 1. The Balaban J connectivity index is 2.16. The Morgan fingerprint density at radius 3 is 1.94 bits per heavy atom. The van der Waals surface area contributed by atoms with Gasteiger partial charge in [0.15, 0.2) is 0 Å². The molecule has 0 fully saturated rings. The molecule has 1 atom stereocenters. The first kappa shape index (κ1) is 28.3. The fraction of sp³-hybridized carbons (Fsp3) is 0.621. The van der Waals surface area contributed by atoms with E-state index in [-0.39, 0.29) is 0 Å². The zero-order valence-electron chi connectivity index (χ0n) is 21.1. The van der Waals surface area contributed by atoms with Crippen LogP contribution in [-0.2, 0) is 14.3 Å². The fourth-order valence-corrected chi connectivity index (χ4v) is 4.29. The number of hydrogen-bond acceptors (Lipinski definition) is 3. The van der Waals surface area contributed by atoms with E-state index in [0.29, 0.717) is 24.4 Å². The number of ether oxygens (including phenoxy) is 2. The molecule has 1 aromatic rings. The summed E-state index contributed by atoms with van der Waals surface area (Å²) in [6.07, 6.45) is 18.4. The van der Waals surface area contributed by atoms with Crippen LogP contribution in [-0.4, -0.2) is 30.1 Å². The minimum Gasteiger partial charge on any atom is -0.481 e. The molecule has 1 aromatic carbocycles. The number of aliphatic carboxylic acids is 1. The molecular weight excluding hydrogens is 431 g/mol. The average Bonchev–Trinajstić information content (AvgIpc) is 2.83. The SMILES string of the molecule is CCCCCCCCOC1(OCCCCCCCC)C=CC(C(=O)O)C=C1c1ccccc1F. The van der Waals surface area contributed by atoms with Crippen LogP contribution < -0.4 is 0 Å². The molecule has 1 aliphatic carbocycles. The van der Waals surface area contributed by atoms with Gasteiger partial charge in [-0.2, -0.15) is 0 Å². The molecule has 5 heteroatoms. The molecule has 0 bridgehead atoms. The summed E-state index contributed by atoms with van der Waals surface area (Å²) < 4.78 is 27.5. The van der Waals surface area contributed by atoms with Gasteiger partial charge >= 0.3 is 5.97 Å². The van der Waals surface area contributed by atoms with Gasteiger partial charge in [-0.25, -0.2) is 4.39 Å². The smallest absolute Gasteiger partial charge is 0.314 e. The lowest BCUT2D eigenvalue weighted by Gasteiger charge is -2.36. The molecule has 0 amide bonds. The van der Waals surface area contributed by atoms with Crippen molar-refractivity contribution in [1.29, 1.82) is 0 Å².